The first-order chi connectivity index (χ1) is 14.6. The summed E-state index contributed by atoms with van der Waals surface area (Å²) in [4.78, 5) is 15.7. The fourth-order valence-corrected chi connectivity index (χ4v) is 7.37. The van der Waals surface area contributed by atoms with Gasteiger partial charge < -0.3 is 4.90 Å². The maximum Gasteiger partial charge on any atom is 0.266 e. The molecule has 0 spiro atoms. The van der Waals surface area contributed by atoms with Gasteiger partial charge in [0.1, 0.15) is 4.88 Å². The second-order valence-electron chi connectivity index (χ2n) is 8.27. The number of hydrogen-bond donors (Lipinski definition) is 0. The predicted octanol–water partition coefficient (Wildman–Crippen LogP) is 6.16. The lowest BCUT2D eigenvalue weighted by Gasteiger charge is -2.28. The van der Waals surface area contributed by atoms with Gasteiger partial charge in [0.05, 0.1) is 16.5 Å². The molecule has 0 radical (unpaired) electrons. The average Bonchev–Trinajstić information content (AvgIpc) is 3.24. The van der Waals surface area contributed by atoms with Gasteiger partial charge in [-0.15, -0.1) is 11.3 Å². The predicted molar refractivity (Wildman–Crippen MR) is 129 cm³/mol. The van der Waals surface area contributed by atoms with E-state index in [9.17, 15) is 13.2 Å². The van der Waals surface area contributed by atoms with Gasteiger partial charge in [-0.2, -0.15) is 0 Å². The Balaban J connectivity index is 1.70. The van der Waals surface area contributed by atoms with E-state index < -0.39 is 9.84 Å². The highest BCUT2D eigenvalue weighted by atomic mass is 35.5. The van der Waals surface area contributed by atoms with E-state index in [1.807, 2.05) is 18.2 Å². The van der Waals surface area contributed by atoms with Gasteiger partial charge in [0.2, 0.25) is 0 Å². The lowest BCUT2D eigenvalue weighted by molar-refractivity contribution is 0.0686. The molecule has 1 aromatic heterocycles. The van der Waals surface area contributed by atoms with E-state index in [2.05, 4.69) is 26.0 Å². The normalized spacial score (nSPS) is 18.0. The van der Waals surface area contributed by atoms with Crippen LogP contribution in [0.2, 0.25) is 10.0 Å². The number of thiophene rings is 1. The van der Waals surface area contributed by atoms with Crippen molar-refractivity contribution in [1.29, 1.82) is 0 Å². The molecule has 0 saturated carbocycles. The first-order valence-electron chi connectivity index (χ1n) is 10.1. The molecule has 4 nitrogen and oxygen atoms in total. The molecule has 164 valence electrons. The molecule has 31 heavy (non-hydrogen) atoms. The first-order valence-corrected chi connectivity index (χ1v) is 13.5. The number of fused-ring (bicyclic) bond motifs is 1. The Morgan fingerprint density at radius 1 is 1.16 bits per heavy atom. The standard InChI is InChI=1S/C23H23Cl2NO3S2/c1-14(2)16-5-3-15(4-6-16)12-26(18-9-10-31(28,29)13-18)23(27)22-21(25)19-8-7-17(24)11-20(19)30-22/h3-8,11,14,18H,9-10,12-13H2,1-2H3. The maximum absolute atomic E-state index is 13.6. The average molecular weight is 496 g/mol. The van der Waals surface area contributed by atoms with Crippen LogP contribution in [0.5, 0.6) is 0 Å². The van der Waals surface area contributed by atoms with Crippen LogP contribution in [-0.4, -0.2) is 36.8 Å². The van der Waals surface area contributed by atoms with Gasteiger partial charge in [-0.3, -0.25) is 4.79 Å². The summed E-state index contributed by atoms with van der Waals surface area (Å²) >= 11 is 14.0. The van der Waals surface area contributed by atoms with E-state index in [1.165, 1.54) is 16.9 Å². The molecular weight excluding hydrogens is 473 g/mol. The minimum atomic E-state index is -3.15. The Hall–Kier alpha value is -1.60. The van der Waals surface area contributed by atoms with E-state index in [-0.39, 0.29) is 23.5 Å². The molecule has 0 bridgehead atoms. The molecule has 3 aromatic rings. The Bertz CT molecular complexity index is 1230. The van der Waals surface area contributed by atoms with E-state index in [0.29, 0.717) is 33.8 Å². The molecule has 2 aromatic carbocycles. The molecule has 2 heterocycles. The summed E-state index contributed by atoms with van der Waals surface area (Å²) in [6.07, 6.45) is 0.437. The number of nitrogens with zero attached hydrogens (tertiary/aromatic N) is 1. The van der Waals surface area contributed by atoms with Gasteiger partial charge in [0, 0.05) is 27.7 Å². The van der Waals surface area contributed by atoms with Crippen LogP contribution in [0.15, 0.2) is 42.5 Å². The SMILES string of the molecule is CC(C)c1ccc(CN(C(=O)c2sc3cc(Cl)ccc3c2Cl)C2CCS(=O)(=O)C2)cc1. The number of carbonyl (C=O) groups excluding carboxylic acids is 1. The molecule has 1 fully saturated rings. The van der Waals surface area contributed by atoms with Crippen LogP contribution < -0.4 is 0 Å². The molecule has 1 amide bonds. The molecule has 1 saturated heterocycles. The van der Waals surface area contributed by atoms with E-state index in [1.54, 1.807) is 17.0 Å². The second kappa shape index (κ2) is 8.74. The number of benzene rings is 2. The van der Waals surface area contributed by atoms with Gasteiger partial charge in [-0.1, -0.05) is 67.4 Å². The van der Waals surface area contributed by atoms with Crippen LogP contribution in [0.3, 0.4) is 0 Å². The van der Waals surface area contributed by atoms with Crippen molar-refractivity contribution >= 4 is 60.4 Å². The molecule has 8 heteroatoms. The zero-order valence-electron chi connectivity index (χ0n) is 17.3. The summed E-state index contributed by atoms with van der Waals surface area (Å²) in [5.74, 6) is 0.258. The van der Waals surface area contributed by atoms with Gasteiger partial charge in [-0.25, -0.2) is 8.42 Å². The van der Waals surface area contributed by atoms with Gasteiger partial charge in [-0.05, 0) is 35.6 Å². The molecule has 4 rings (SSSR count). The fraction of sp³-hybridized carbons (Fsp3) is 0.348. The highest BCUT2D eigenvalue weighted by molar-refractivity contribution is 7.91. The van der Waals surface area contributed by atoms with Crippen LogP contribution in [0, 0.1) is 0 Å². The molecular formula is C23H23Cl2NO3S2. The van der Waals surface area contributed by atoms with Crippen molar-refractivity contribution in [1.82, 2.24) is 4.90 Å². The quantitative estimate of drug-likeness (QED) is 0.425. The topological polar surface area (TPSA) is 54.5 Å². The molecule has 1 unspecified atom stereocenters. The third-order valence-corrected chi connectivity index (χ3v) is 9.33. The number of carbonyl (C=O) groups is 1. The maximum atomic E-state index is 13.6. The van der Waals surface area contributed by atoms with Crippen LogP contribution >= 0.6 is 34.5 Å². The molecule has 1 aliphatic heterocycles. The van der Waals surface area contributed by atoms with Crippen LogP contribution in [0.4, 0.5) is 0 Å². The van der Waals surface area contributed by atoms with Crippen LogP contribution in [0.1, 0.15) is 47.0 Å². The second-order valence-corrected chi connectivity index (χ2v) is 12.4. The number of sulfone groups is 1. The number of hydrogen-bond acceptors (Lipinski definition) is 4. The smallest absolute Gasteiger partial charge is 0.266 e. The lowest BCUT2D eigenvalue weighted by Crippen LogP contribution is -2.40. The van der Waals surface area contributed by atoms with Crippen molar-refractivity contribution in [2.24, 2.45) is 0 Å². The highest BCUT2D eigenvalue weighted by Crippen LogP contribution is 2.38. The Kier molecular flexibility index (Phi) is 6.37. The monoisotopic (exact) mass is 495 g/mol. The number of rotatable bonds is 5. The van der Waals surface area contributed by atoms with Crippen molar-refractivity contribution in [3.8, 4) is 0 Å². The largest absolute Gasteiger partial charge is 0.330 e. The summed E-state index contributed by atoms with van der Waals surface area (Å²) in [5, 5.41) is 1.75. The summed E-state index contributed by atoms with van der Waals surface area (Å²) in [6, 6.07) is 13.1. The molecule has 0 aliphatic carbocycles. The Labute approximate surface area is 196 Å². The van der Waals surface area contributed by atoms with Gasteiger partial charge in [0.15, 0.2) is 9.84 Å². The Morgan fingerprint density at radius 3 is 2.48 bits per heavy atom. The first kappa shape index (κ1) is 22.6. The van der Waals surface area contributed by atoms with E-state index in [4.69, 9.17) is 23.2 Å². The molecule has 1 atom stereocenters. The Morgan fingerprint density at radius 2 is 1.87 bits per heavy atom. The van der Waals surface area contributed by atoms with Gasteiger partial charge >= 0.3 is 0 Å². The van der Waals surface area contributed by atoms with Gasteiger partial charge in [0.25, 0.3) is 5.91 Å². The van der Waals surface area contributed by atoms with Crippen molar-refractivity contribution in [2.45, 2.75) is 38.8 Å². The third-order valence-electron chi connectivity index (χ3n) is 5.70. The zero-order valence-corrected chi connectivity index (χ0v) is 20.4. The fourth-order valence-electron chi connectivity index (χ4n) is 3.90. The summed E-state index contributed by atoms with van der Waals surface area (Å²) < 4.78 is 25.1. The van der Waals surface area contributed by atoms with Crippen LogP contribution in [-0.2, 0) is 16.4 Å². The summed E-state index contributed by atoms with van der Waals surface area (Å²) in [6.45, 7) is 4.59. The van der Waals surface area contributed by atoms with Crippen molar-refractivity contribution < 1.29 is 13.2 Å². The van der Waals surface area contributed by atoms with Crippen molar-refractivity contribution in [3.05, 3.63) is 68.5 Å². The third kappa shape index (κ3) is 4.77. The van der Waals surface area contributed by atoms with Crippen molar-refractivity contribution in [3.63, 3.8) is 0 Å². The lowest BCUT2D eigenvalue weighted by atomic mass is 10.0. The number of amides is 1. The zero-order chi connectivity index (χ0) is 22.3. The van der Waals surface area contributed by atoms with Crippen LogP contribution in [0.25, 0.3) is 10.1 Å². The minimum Gasteiger partial charge on any atom is -0.330 e. The minimum absolute atomic E-state index is 0.0167. The number of halogens is 2. The van der Waals surface area contributed by atoms with E-state index in [0.717, 1.165) is 15.6 Å². The summed E-state index contributed by atoms with van der Waals surface area (Å²) in [5.41, 5.74) is 2.18. The molecule has 0 N–H and O–H groups in total. The van der Waals surface area contributed by atoms with E-state index >= 15 is 0 Å². The highest BCUT2D eigenvalue weighted by Gasteiger charge is 2.36. The molecule has 1 aliphatic rings. The summed E-state index contributed by atoms with van der Waals surface area (Å²) in [7, 11) is -3.15. The van der Waals surface area contributed by atoms with Crippen molar-refractivity contribution in [2.75, 3.05) is 11.5 Å².